The number of rotatable bonds is 4. The number of carbonyl (C=O) groups is 1. The smallest absolute Gasteiger partial charge is 0.307 e. The second-order valence-electron chi connectivity index (χ2n) is 4.31. The number of nitrogens with one attached hydrogen (secondary N) is 2. The van der Waals surface area contributed by atoms with Crippen LogP contribution in [0.3, 0.4) is 0 Å². The zero-order valence-electron chi connectivity index (χ0n) is 9.80. The van der Waals surface area contributed by atoms with Crippen LogP contribution in [0.15, 0.2) is 16.3 Å². The number of hydrogen-bond donors (Lipinski definition) is 3. The number of halogens is 1. The van der Waals surface area contributed by atoms with E-state index >= 15 is 0 Å². The summed E-state index contributed by atoms with van der Waals surface area (Å²) in [6, 6.07) is 2.51. The molecule has 0 spiro atoms. The number of thiophene rings is 1. The molecule has 19 heavy (non-hydrogen) atoms. The van der Waals surface area contributed by atoms with E-state index in [1.165, 1.54) is 12.1 Å². The Morgan fingerprint density at radius 1 is 1.47 bits per heavy atom. The zero-order valence-corrected chi connectivity index (χ0v) is 12.2. The average Bonchev–Trinajstić information content (AvgIpc) is 2.76. The standard InChI is InChI=1S/C10H13ClN2O4S2/c11-8-1-2-9(18-8)19(16,17)13-7-3-6(10(14)15)4-12-5-7/h1-2,6-7,12-13H,3-5H2,(H,14,15). The van der Waals surface area contributed by atoms with Crippen LogP contribution in [0.2, 0.25) is 4.34 Å². The van der Waals surface area contributed by atoms with Gasteiger partial charge in [-0.15, -0.1) is 11.3 Å². The van der Waals surface area contributed by atoms with E-state index in [1.54, 1.807) is 0 Å². The predicted octanol–water partition coefficient (Wildman–Crippen LogP) is 0.743. The Balaban J connectivity index is 2.06. The third kappa shape index (κ3) is 3.67. The van der Waals surface area contributed by atoms with Gasteiger partial charge >= 0.3 is 5.97 Å². The van der Waals surface area contributed by atoms with Crippen LogP contribution >= 0.6 is 22.9 Å². The highest BCUT2D eigenvalue weighted by molar-refractivity contribution is 7.91. The molecule has 2 unspecified atom stereocenters. The maximum Gasteiger partial charge on any atom is 0.307 e. The number of aliphatic carboxylic acids is 1. The van der Waals surface area contributed by atoms with Crippen LogP contribution in [0.1, 0.15) is 6.42 Å². The van der Waals surface area contributed by atoms with Crippen molar-refractivity contribution in [2.24, 2.45) is 5.92 Å². The summed E-state index contributed by atoms with van der Waals surface area (Å²) < 4.78 is 27.1. The van der Waals surface area contributed by atoms with Crippen molar-refractivity contribution < 1.29 is 18.3 Å². The normalized spacial score (nSPS) is 24.3. The van der Waals surface area contributed by atoms with Crippen molar-refractivity contribution in [3.8, 4) is 0 Å². The van der Waals surface area contributed by atoms with Crippen molar-refractivity contribution in [2.75, 3.05) is 13.1 Å². The number of carboxylic acid groups (broad SMARTS) is 1. The van der Waals surface area contributed by atoms with Crippen LogP contribution in [0.25, 0.3) is 0 Å². The Hall–Kier alpha value is -0.670. The van der Waals surface area contributed by atoms with Crippen LogP contribution in [0.5, 0.6) is 0 Å². The first-order valence-electron chi connectivity index (χ1n) is 5.59. The van der Waals surface area contributed by atoms with Crippen LogP contribution in [0.4, 0.5) is 0 Å². The van der Waals surface area contributed by atoms with Gasteiger partial charge in [-0.3, -0.25) is 4.79 Å². The fraction of sp³-hybridized carbons (Fsp3) is 0.500. The lowest BCUT2D eigenvalue weighted by Gasteiger charge is -2.27. The van der Waals surface area contributed by atoms with Gasteiger partial charge in [0.05, 0.1) is 10.3 Å². The Morgan fingerprint density at radius 2 is 2.21 bits per heavy atom. The summed E-state index contributed by atoms with van der Waals surface area (Å²) >= 11 is 6.68. The zero-order chi connectivity index (χ0) is 14.0. The summed E-state index contributed by atoms with van der Waals surface area (Å²) in [5.41, 5.74) is 0. The van der Waals surface area contributed by atoms with Crippen molar-refractivity contribution in [3.63, 3.8) is 0 Å². The molecule has 0 amide bonds. The number of carboxylic acids is 1. The summed E-state index contributed by atoms with van der Waals surface area (Å²) in [6.45, 7) is 0.778. The summed E-state index contributed by atoms with van der Waals surface area (Å²) in [7, 11) is -3.64. The first kappa shape index (κ1) is 14.7. The minimum Gasteiger partial charge on any atom is -0.481 e. The number of hydrogen-bond acceptors (Lipinski definition) is 5. The maximum absolute atomic E-state index is 12.1. The molecule has 1 aromatic rings. The fourth-order valence-corrected chi connectivity index (χ4v) is 4.69. The van der Waals surface area contributed by atoms with E-state index in [9.17, 15) is 13.2 Å². The molecule has 6 nitrogen and oxygen atoms in total. The van der Waals surface area contributed by atoms with Crippen molar-refractivity contribution in [1.82, 2.24) is 10.0 Å². The minimum atomic E-state index is -3.64. The molecule has 3 N–H and O–H groups in total. The molecule has 0 saturated carbocycles. The summed E-state index contributed by atoms with van der Waals surface area (Å²) in [5, 5.41) is 11.9. The quantitative estimate of drug-likeness (QED) is 0.759. The van der Waals surface area contributed by atoms with Gasteiger partial charge in [-0.25, -0.2) is 13.1 Å². The second-order valence-corrected chi connectivity index (χ2v) is 7.96. The topological polar surface area (TPSA) is 95.5 Å². The fourth-order valence-electron chi connectivity index (χ4n) is 1.94. The molecule has 2 atom stereocenters. The van der Waals surface area contributed by atoms with Crippen molar-refractivity contribution >= 4 is 38.9 Å². The van der Waals surface area contributed by atoms with E-state index in [-0.39, 0.29) is 10.6 Å². The molecule has 9 heteroatoms. The molecule has 0 radical (unpaired) electrons. The largest absolute Gasteiger partial charge is 0.481 e. The van der Waals surface area contributed by atoms with Crippen LogP contribution in [0, 0.1) is 5.92 Å². The highest BCUT2D eigenvalue weighted by Crippen LogP contribution is 2.26. The molecular weight excluding hydrogens is 312 g/mol. The molecule has 106 valence electrons. The van der Waals surface area contributed by atoms with Crippen LogP contribution < -0.4 is 10.0 Å². The first-order valence-corrected chi connectivity index (χ1v) is 8.27. The highest BCUT2D eigenvalue weighted by atomic mass is 35.5. The molecule has 0 bridgehead atoms. The molecule has 0 aliphatic carbocycles. The third-order valence-electron chi connectivity index (χ3n) is 2.83. The molecule has 1 saturated heterocycles. The van der Waals surface area contributed by atoms with Gasteiger partial charge in [0.1, 0.15) is 4.21 Å². The van der Waals surface area contributed by atoms with Gasteiger partial charge in [-0.05, 0) is 18.6 Å². The van der Waals surface area contributed by atoms with Gasteiger partial charge in [0.15, 0.2) is 0 Å². The molecule has 1 aliphatic rings. The van der Waals surface area contributed by atoms with Gasteiger partial charge < -0.3 is 10.4 Å². The van der Waals surface area contributed by atoms with Crippen molar-refractivity contribution in [2.45, 2.75) is 16.7 Å². The second kappa shape index (κ2) is 5.76. The van der Waals surface area contributed by atoms with E-state index in [0.717, 1.165) is 11.3 Å². The number of piperidine rings is 1. The molecule has 1 fully saturated rings. The van der Waals surface area contributed by atoms with Gasteiger partial charge in [-0.2, -0.15) is 0 Å². The van der Waals surface area contributed by atoms with Crippen molar-refractivity contribution in [3.05, 3.63) is 16.5 Å². The van der Waals surface area contributed by atoms with E-state index < -0.39 is 28.0 Å². The van der Waals surface area contributed by atoms with Gasteiger partial charge in [0, 0.05) is 19.1 Å². The van der Waals surface area contributed by atoms with E-state index in [1.807, 2.05) is 0 Å². The van der Waals surface area contributed by atoms with E-state index in [4.69, 9.17) is 16.7 Å². The summed E-state index contributed by atoms with van der Waals surface area (Å²) in [5.74, 6) is -1.50. The predicted molar refractivity (Wildman–Crippen MR) is 72.1 cm³/mol. The SMILES string of the molecule is O=C(O)C1CNCC(NS(=O)(=O)c2ccc(Cl)s2)C1. The summed E-state index contributed by atoms with van der Waals surface area (Å²) in [6.07, 6.45) is 0.278. The molecule has 1 aromatic heterocycles. The summed E-state index contributed by atoms with van der Waals surface area (Å²) in [4.78, 5) is 10.9. The molecule has 1 aliphatic heterocycles. The lowest BCUT2D eigenvalue weighted by atomic mass is 9.97. The highest BCUT2D eigenvalue weighted by Gasteiger charge is 2.30. The minimum absolute atomic E-state index is 0.134. The van der Waals surface area contributed by atoms with Gasteiger partial charge in [0.2, 0.25) is 10.0 Å². The van der Waals surface area contributed by atoms with E-state index in [0.29, 0.717) is 17.4 Å². The average molecular weight is 325 g/mol. The lowest BCUT2D eigenvalue weighted by molar-refractivity contribution is -0.142. The van der Waals surface area contributed by atoms with E-state index in [2.05, 4.69) is 10.0 Å². The maximum atomic E-state index is 12.1. The number of sulfonamides is 1. The Kier molecular flexibility index (Phi) is 4.46. The van der Waals surface area contributed by atoms with Crippen LogP contribution in [-0.2, 0) is 14.8 Å². The lowest BCUT2D eigenvalue weighted by Crippen LogP contribution is -2.50. The third-order valence-corrected chi connectivity index (χ3v) is 6.08. The Bertz CT molecular complexity index is 572. The molecular formula is C10H13ClN2O4S2. The first-order chi connectivity index (χ1) is 8.88. The monoisotopic (exact) mass is 324 g/mol. The van der Waals surface area contributed by atoms with Crippen LogP contribution in [-0.4, -0.2) is 38.6 Å². The molecule has 2 rings (SSSR count). The van der Waals surface area contributed by atoms with Crippen molar-refractivity contribution in [1.29, 1.82) is 0 Å². The van der Waals surface area contributed by atoms with Gasteiger partial charge in [-0.1, -0.05) is 11.6 Å². The Labute approximate surface area is 119 Å². The van der Waals surface area contributed by atoms with Gasteiger partial charge in [0.25, 0.3) is 0 Å². The Morgan fingerprint density at radius 3 is 2.79 bits per heavy atom. The molecule has 2 heterocycles. The molecule has 0 aromatic carbocycles.